The lowest BCUT2D eigenvalue weighted by Crippen LogP contribution is -2.04. The largest absolute Gasteiger partial charge is 0.490 e. The maximum atomic E-state index is 5.76. The van der Waals surface area contributed by atoms with Gasteiger partial charge in [-0.1, -0.05) is 6.92 Å². The summed E-state index contributed by atoms with van der Waals surface area (Å²) < 4.78 is 7.72. The minimum absolute atomic E-state index is 0.659. The van der Waals surface area contributed by atoms with Crippen molar-refractivity contribution in [3.63, 3.8) is 0 Å². The van der Waals surface area contributed by atoms with Crippen LogP contribution in [0.15, 0.2) is 21.1 Å². The van der Waals surface area contributed by atoms with Gasteiger partial charge < -0.3 is 10.5 Å². The van der Waals surface area contributed by atoms with E-state index in [1.54, 1.807) is 0 Å². The van der Waals surface area contributed by atoms with E-state index in [-0.39, 0.29) is 0 Å². The maximum absolute atomic E-state index is 5.76. The van der Waals surface area contributed by atoms with Crippen LogP contribution in [0.2, 0.25) is 0 Å². The maximum Gasteiger partial charge on any atom is 0.147 e. The summed E-state index contributed by atoms with van der Waals surface area (Å²) in [7, 11) is 0. The number of halogens is 2. The van der Waals surface area contributed by atoms with Gasteiger partial charge in [0, 0.05) is 5.75 Å². The van der Waals surface area contributed by atoms with E-state index in [4.69, 9.17) is 10.5 Å². The Balaban J connectivity index is 2.65. The van der Waals surface area contributed by atoms with Crippen LogP contribution in [0.25, 0.3) is 0 Å². The van der Waals surface area contributed by atoms with Crippen molar-refractivity contribution in [2.45, 2.75) is 13.3 Å². The highest BCUT2D eigenvalue weighted by atomic mass is 79.9. The average Bonchev–Trinajstić information content (AvgIpc) is 2.27. The molecule has 96 valence electrons. The van der Waals surface area contributed by atoms with Gasteiger partial charge in [-0.05, 0) is 68.3 Å². The second-order valence-corrected chi connectivity index (χ2v) is 6.58. The molecule has 2 nitrogen and oxygen atoms in total. The molecule has 1 rings (SSSR count). The van der Waals surface area contributed by atoms with Gasteiger partial charge in [0.25, 0.3) is 0 Å². The monoisotopic (exact) mass is 381 g/mol. The Morgan fingerprint density at radius 1 is 1.29 bits per heavy atom. The van der Waals surface area contributed by atoms with E-state index in [1.807, 2.05) is 11.8 Å². The van der Waals surface area contributed by atoms with Crippen LogP contribution in [-0.2, 0) is 6.42 Å². The fraction of sp³-hybridized carbons (Fsp3) is 0.500. The van der Waals surface area contributed by atoms with Crippen LogP contribution in [0, 0.1) is 0 Å². The third-order valence-electron chi connectivity index (χ3n) is 2.17. The molecule has 0 aliphatic heterocycles. The molecule has 0 atom stereocenters. The van der Waals surface area contributed by atoms with Gasteiger partial charge in [0.2, 0.25) is 0 Å². The van der Waals surface area contributed by atoms with Gasteiger partial charge in [-0.3, -0.25) is 0 Å². The van der Waals surface area contributed by atoms with Gasteiger partial charge in [0.15, 0.2) is 0 Å². The number of hydrogen-bond donors (Lipinski definition) is 1. The normalized spacial score (nSPS) is 10.6. The van der Waals surface area contributed by atoms with Gasteiger partial charge in [0.1, 0.15) is 5.75 Å². The van der Waals surface area contributed by atoms with E-state index in [9.17, 15) is 0 Å². The van der Waals surface area contributed by atoms with E-state index in [0.29, 0.717) is 6.54 Å². The molecule has 0 saturated carbocycles. The minimum Gasteiger partial charge on any atom is -0.490 e. The molecule has 0 amide bonds. The molecule has 0 aliphatic carbocycles. The summed E-state index contributed by atoms with van der Waals surface area (Å²) in [5.41, 5.74) is 6.76. The number of ether oxygens (including phenoxy) is 1. The molecule has 1 aromatic rings. The number of hydrogen-bond acceptors (Lipinski definition) is 3. The topological polar surface area (TPSA) is 35.2 Å². The molecule has 0 radical (unpaired) electrons. The quantitative estimate of drug-likeness (QED) is 0.727. The zero-order chi connectivity index (χ0) is 12.7. The van der Waals surface area contributed by atoms with Crippen LogP contribution in [-0.4, -0.2) is 24.7 Å². The third kappa shape index (κ3) is 5.20. The molecule has 0 unspecified atom stereocenters. The van der Waals surface area contributed by atoms with Crippen molar-refractivity contribution in [3.8, 4) is 5.75 Å². The molecule has 0 heterocycles. The van der Waals surface area contributed by atoms with E-state index in [1.165, 1.54) is 5.56 Å². The Morgan fingerprint density at radius 2 is 1.94 bits per heavy atom. The van der Waals surface area contributed by atoms with E-state index < -0.39 is 0 Å². The van der Waals surface area contributed by atoms with Gasteiger partial charge in [0.05, 0.1) is 15.6 Å². The lowest BCUT2D eigenvalue weighted by atomic mass is 10.1. The highest BCUT2D eigenvalue weighted by Crippen LogP contribution is 2.34. The highest BCUT2D eigenvalue weighted by Gasteiger charge is 2.08. The van der Waals surface area contributed by atoms with Crippen molar-refractivity contribution < 1.29 is 4.74 Å². The van der Waals surface area contributed by atoms with Crippen molar-refractivity contribution >= 4 is 43.6 Å². The molecule has 0 saturated heterocycles. The van der Waals surface area contributed by atoms with Crippen LogP contribution in [0.4, 0.5) is 0 Å². The second-order valence-electron chi connectivity index (χ2n) is 3.47. The predicted molar refractivity (Wildman–Crippen MR) is 83.1 cm³/mol. The van der Waals surface area contributed by atoms with Crippen LogP contribution in [0.1, 0.15) is 12.5 Å². The Morgan fingerprint density at radius 3 is 2.47 bits per heavy atom. The molecule has 0 aliphatic rings. The minimum atomic E-state index is 0.659. The van der Waals surface area contributed by atoms with Gasteiger partial charge in [-0.15, -0.1) is 0 Å². The van der Waals surface area contributed by atoms with Crippen molar-refractivity contribution in [1.82, 2.24) is 0 Å². The molecular weight excluding hydrogens is 366 g/mol. The van der Waals surface area contributed by atoms with Crippen molar-refractivity contribution in [2.24, 2.45) is 5.73 Å². The highest BCUT2D eigenvalue weighted by molar-refractivity contribution is 9.11. The summed E-state index contributed by atoms with van der Waals surface area (Å²) in [5, 5.41) is 0. The Bertz CT molecular complexity index is 337. The molecule has 0 spiro atoms. The number of rotatable bonds is 7. The van der Waals surface area contributed by atoms with E-state index >= 15 is 0 Å². The Labute approximate surface area is 124 Å². The van der Waals surface area contributed by atoms with Gasteiger partial charge in [-0.25, -0.2) is 0 Å². The molecule has 0 fully saturated rings. The molecule has 0 aromatic heterocycles. The summed E-state index contributed by atoms with van der Waals surface area (Å²) in [4.78, 5) is 0. The van der Waals surface area contributed by atoms with E-state index in [0.717, 1.165) is 39.2 Å². The number of thioether (sulfide) groups is 1. The molecule has 2 N–H and O–H groups in total. The summed E-state index contributed by atoms with van der Waals surface area (Å²) in [5.74, 6) is 3.02. The molecule has 5 heteroatoms. The molecule has 17 heavy (non-hydrogen) atoms. The average molecular weight is 383 g/mol. The van der Waals surface area contributed by atoms with Gasteiger partial charge in [-0.2, -0.15) is 11.8 Å². The fourth-order valence-electron chi connectivity index (χ4n) is 1.41. The standard InChI is InChI=1S/C12H17Br2NOS/c1-2-17-6-5-16-12-10(13)7-9(3-4-15)8-11(12)14/h7-8H,2-6,15H2,1H3. The third-order valence-corrected chi connectivity index (χ3v) is 4.21. The van der Waals surface area contributed by atoms with E-state index in [2.05, 4.69) is 50.9 Å². The lowest BCUT2D eigenvalue weighted by Gasteiger charge is -2.11. The fourth-order valence-corrected chi connectivity index (χ4v) is 3.41. The smallest absolute Gasteiger partial charge is 0.147 e. The van der Waals surface area contributed by atoms with Crippen LogP contribution in [0.3, 0.4) is 0 Å². The first kappa shape index (κ1) is 15.3. The van der Waals surface area contributed by atoms with Crippen molar-refractivity contribution in [1.29, 1.82) is 0 Å². The first-order chi connectivity index (χ1) is 8.19. The zero-order valence-corrected chi connectivity index (χ0v) is 13.8. The first-order valence-electron chi connectivity index (χ1n) is 5.57. The summed E-state index contributed by atoms with van der Waals surface area (Å²) in [6.07, 6.45) is 0.878. The Kier molecular flexibility index (Phi) is 7.59. The van der Waals surface area contributed by atoms with Crippen LogP contribution >= 0.6 is 43.6 Å². The second kappa shape index (κ2) is 8.40. The zero-order valence-electron chi connectivity index (χ0n) is 9.84. The van der Waals surface area contributed by atoms with Gasteiger partial charge >= 0.3 is 0 Å². The summed E-state index contributed by atoms with van der Waals surface area (Å²) >= 11 is 8.95. The predicted octanol–water partition coefficient (Wildman–Crippen LogP) is 3.84. The van der Waals surface area contributed by atoms with Crippen molar-refractivity contribution in [3.05, 3.63) is 26.6 Å². The first-order valence-corrected chi connectivity index (χ1v) is 8.31. The molecular formula is C12H17Br2NOS. The summed E-state index contributed by atoms with van der Waals surface area (Å²) in [6.45, 7) is 3.54. The number of nitrogens with two attached hydrogens (primary N) is 1. The lowest BCUT2D eigenvalue weighted by molar-refractivity contribution is 0.339. The van der Waals surface area contributed by atoms with Crippen LogP contribution in [0.5, 0.6) is 5.75 Å². The SMILES string of the molecule is CCSCCOc1c(Br)cc(CCN)cc1Br. The molecule has 1 aromatic carbocycles. The summed E-state index contributed by atoms with van der Waals surface area (Å²) in [6, 6.07) is 4.14. The molecule has 0 bridgehead atoms. The Hall–Kier alpha value is 0.290. The van der Waals surface area contributed by atoms with Crippen molar-refractivity contribution in [2.75, 3.05) is 24.7 Å². The van der Waals surface area contributed by atoms with Crippen LogP contribution < -0.4 is 10.5 Å². The number of benzene rings is 1.